The number of hydrogen-bond donors (Lipinski definition) is 1. The Bertz CT molecular complexity index is 1630. The van der Waals surface area contributed by atoms with E-state index in [1.807, 2.05) is 123 Å². The van der Waals surface area contributed by atoms with Crippen molar-refractivity contribution in [3.63, 3.8) is 0 Å². The largest absolute Gasteiger partial charge is 0.374 e. The molecule has 2 fully saturated rings. The Morgan fingerprint density at radius 3 is 1.60 bits per heavy atom. The summed E-state index contributed by atoms with van der Waals surface area (Å²) in [5.41, 5.74) is 11.1. The number of rotatable bonds is 21. The highest BCUT2D eigenvalue weighted by Crippen LogP contribution is 2.34. The average Bonchev–Trinajstić information content (AvgIpc) is 3.53. The summed E-state index contributed by atoms with van der Waals surface area (Å²) in [4.78, 5) is 0. The monoisotopic (exact) mass is 753 g/mol. The molecule has 0 saturated carbocycles. The lowest BCUT2D eigenvalue weighted by molar-refractivity contribution is -0.329. The second kappa shape index (κ2) is 21.2. The van der Waals surface area contributed by atoms with E-state index in [0.717, 1.165) is 47.9 Å². The van der Waals surface area contributed by atoms with E-state index in [4.69, 9.17) is 43.6 Å². The van der Waals surface area contributed by atoms with Crippen molar-refractivity contribution in [2.75, 3.05) is 13.2 Å². The molecule has 0 spiro atoms. The molecule has 296 valence electrons. The number of benzene rings is 4. The Hall–Kier alpha value is -3.48. The predicted octanol–water partition coefficient (Wildman–Crippen LogP) is 8.13. The normalized spacial score (nSPS) is 25.5. The maximum absolute atomic E-state index is 6.90. The fourth-order valence-corrected chi connectivity index (χ4v) is 7.23. The van der Waals surface area contributed by atoms with E-state index >= 15 is 0 Å². The van der Waals surface area contributed by atoms with Crippen LogP contribution in [0, 0.1) is 0 Å². The molecule has 0 unspecified atom stereocenters. The summed E-state index contributed by atoms with van der Waals surface area (Å²) in [6.07, 6.45) is 0.440. The summed E-state index contributed by atoms with van der Waals surface area (Å²) in [6.45, 7) is 7.90. The third-order valence-corrected chi connectivity index (χ3v) is 10.0. The van der Waals surface area contributed by atoms with Gasteiger partial charge in [-0.05, 0) is 42.5 Å². The molecular weight excluding hydrogens is 695 g/mol. The SMILES string of the molecule is CCCCC[C@H]1OC(C)(C)O[C@H]1[C@@H](N)CO[C@H]1O[C@H](COCc2ccccc2)[C@H](OCc2ccccc2)[C@H](OCc2ccccc2)[C@H]1OCc1ccccc1. The molecule has 2 heterocycles. The highest BCUT2D eigenvalue weighted by atomic mass is 16.8. The summed E-state index contributed by atoms with van der Waals surface area (Å²) in [6, 6.07) is 39.9. The van der Waals surface area contributed by atoms with Crippen LogP contribution in [0.5, 0.6) is 0 Å². The Morgan fingerprint density at radius 2 is 1.07 bits per heavy atom. The molecule has 2 aliphatic heterocycles. The molecule has 6 rings (SSSR count). The van der Waals surface area contributed by atoms with Gasteiger partial charge in [0.25, 0.3) is 0 Å². The molecule has 4 aromatic rings. The minimum absolute atomic E-state index is 0.130. The lowest BCUT2D eigenvalue weighted by atomic mass is 9.97. The molecule has 9 nitrogen and oxygen atoms in total. The van der Waals surface area contributed by atoms with Crippen molar-refractivity contribution in [1.29, 1.82) is 0 Å². The average molecular weight is 754 g/mol. The van der Waals surface area contributed by atoms with Crippen LogP contribution in [0.3, 0.4) is 0 Å². The van der Waals surface area contributed by atoms with Crippen molar-refractivity contribution in [3.8, 4) is 0 Å². The van der Waals surface area contributed by atoms with Crippen molar-refractivity contribution < 1.29 is 37.9 Å². The highest BCUT2D eigenvalue weighted by molar-refractivity contribution is 5.16. The molecule has 0 aromatic heterocycles. The van der Waals surface area contributed by atoms with Crippen LogP contribution in [0.1, 0.15) is 68.7 Å². The van der Waals surface area contributed by atoms with Crippen LogP contribution in [-0.2, 0) is 64.3 Å². The first-order chi connectivity index (χ1) is 26.9. The van der Waals surface area contributed by atoms with E-state index in [1.165, 1.54) is 0 Å². The third-order valence-electron chi connectivity index (χ3n) is 10.0. The van der Waals surface area contributed by atoms with E-state index in [2.05, 4.69) is 19.1 Å². The predicted molar refractivity (Wildman–Crippen MR) is 212 cm³/mol. The Morgan fingerprint density at radius 1 is 0.582 bits per heavy atom. The second-order valence-electron chi connectivity index (χ2n) is 15.0. The molecule has 2 aliphatic rings. The van der Waals surface area contributed by atoms with Gasteiger partial charge < -0.3 is 43.6 Å². The molecule has 0 radical (unpaired) electrons. The van der Waals surface area contributed by atoms with Gasteiger partial charge in [-0.2, -0.15) is 0 Å². The van der Waals surface area contributed by atoms with Crippen molar-refractivity contribution in [3.05, 3.63) is 144 Å². The molecule has 4 aromatic carbocycles. The summed E-state index contributed by atoms with van der Waals surface area (Å²) in [7, 11) is 0. The Labute approximate surface area is 327 Å². The zero-order valence-corrected chi connectivity index (χ0v) is 32.6. The van der Waals surface area contributed by atoms with E-state index in [9.17, 15) is 0 Å². The van der Waals surface area contributed by atoms with Gasteiger partial charge >= 0.3 is 0 Å². The lowest BCUT2D eigenvalue weighted by Crippen LogP contribution is -2.62. The van der Waals surface area contributed by atoms with Gasteiger partial charge in [-0.3, -0.25) is 0 Å². The minimum Gasteiger partial charge on any atom is -0.374 e. The van der Waals surface area contributed by atoms with Gasteiger partial charge in [-0.1, -0.05) is 148 Å². The minimum atomic E-state index is -0.855. The number of nitrogens with two attached hydrogens (primary N) is 1. The molecule has 2 saturated heterocycles. The van der Waals surface area contributed by atoms with E-state index in [1.54, 1.807) is 0 Å². The van der Waals surface area contributed by atoms with Gasteiger partial charge in [0.1, 0.15) is 30.5 Å². The van der Waals surface area contributed by atoms with Gasteiger partial charge in [-0.25, -0.2) is 0 Å². The van der Waals surface area contributed by atoms with E-state index in [-0.39, 0.29) is 25.4 Å². The van der Waals surface area contributed by atoms with Crippen LogP contribution < -0.4 is 5.73 Å². The molecule has 0 amide bonds. The van der Waals surface area contributed by atoms with E-state index < -0.39 is 42.5 Å². The van der Waals surface area contributed by atoms with Gasteiger partial charge in [0.2, 0.25) is 0 Å². The Kier molecular flexibility index (Phi) is 15.8. The summed E-state index contributed by atoms with van der Waals surface area (Å²) < 4.78 is 53.0. The summed E-state index contributed by atoms with van der Waals surface area (Å²) in [5.74, 6) is -0.733. The first-order valence-corrected chi connectivity index (χ1v) is 19.8. The van der Waals surface area contributed by atoms with Crippen molar-refractivity contribution in [1.82, 2.24) is 0 Å². The molecule has 55 heavy (non-hydrogen) atoms. The maximum atomic E-state index is 6.90. The second-order valence-corrected chi connectivity index (χ2v) is 15.0. The molecular formula is C46H59NO8. The van der Waals surface area contributed by atoms with Crippen molar-refractivity contribution in [2.24, 2.45) is 5.73 Å². The highest BCUT2D eigenvalue weighted by Gasteiger charge is 2.50. The van der Waals surface area contributed by atoms with Gasteiger partial charge in [0.15, 0.2) is 12.1 Å². The first kappa shape index (κ1) is 41.2. The zero-order chi connectivity index (χ0) is 38.3. The first-order valence-electron chi connectivity index (χ1n) is 19.8. The third kappa shape index (κ3) is 12.5. The number of ether oxygens (including phenoxy) is 8. The summed E-state index contributed by atoms with van der Waals surface area (Å²) >= 11 is 0. The molecule has 9 heteroatoms. The zero-order valence-electron chi connectivity index (χ0n) is 32.6. The fourth-order valence-electron chi connectivity index (χ4n) is 7.23. The van der Waals surface area contributed by atoms with Crippen LogP contribution in [0.25, 0.3) is 0 Å². The number of hydrogen-bond acceptors (Lipinski definition) is 9. The van der Waals surface area contributed by atoms with Crippen molar-refractivity contribution >= 4 is 0 Å². The lowest BCUT2D eigenvalue weighted by Gasteiger charge is -2.46. The topological polar surface area (TPSA) is 99.9 Å². The van der Waals surface area contributed by atoms with Crippen LogP contribution in [0.4, 0.5) is 0 Å². The maximum Gasteiger partial charge on any atom is 0.187 e. The van der Waals surface area contributed by atoms with Crippen LogP contribution in [-0.4, -0.2) is 68.0 Å². The van der Waals surface area contributed by atoms with Gasteiger partial charge in [0.05, 0.1) is 51.8 Å². The smallest absolute Gasteiger partial charge is 0.187 e. The van der Waals surface area contributed by atoms with Gasteiger partial charge in [0, 0.05) is 0 Å². The number of unbranched alkanes of at least 4 members (excludes halogenated alkanes) is 2. The van der Waals surface area contributed by atoms with Crippen LogP contribution in [0.2, 0.25) is 0 Å². The fraction of sp³-hybridized carbons (Fsp3) is 0.478. The molecule has 2 N–H and O–H groups in total. The van der Waals surface area contributed by atoms with Crippen molar-refractivity contribution in [2.45, 2.75) is 128 Å². The standard InChI is InChI=1S/C46H59NO8/c1-4-5-10-27-39-41(55-46(2,3)54-39)38(47)32-52-45-44(51-31-37-25-17-9-18-26-37)43(50-30-36-23-15-8-16-24-36)42(49-29-35-21-13-7-14-22-35)40(53-45)33-48-28-34-19-11-6-12-20-34/h6-9,11-26,38-45H,4-5,10,27-33,47H2,1-3H3/t38-,39+,40+,41-,42-,43-,44+,45-/m0/s1. The van der Waals surface area contributed by atoms with Gasteiger partial charge in [-0.15, -0.1) is 0 Å². The molecule has 8 atom stereocenters. The summed E-state index contributed by atoms with van der Waals surface area (Å²) in [5, 5.41) is 0. The Balaban J connectivity index is 1.27. The van der Waals surface area contributed by atoms with E-state index in [0.29, 0.717) is 26.4 Å². The molecule has 0 aliphatic carbocycles. The van der Waals surface area contributed by atoms with Crippen LogP contribution in [0.15, 0.2) is 121 Å². The van der Waals surface area contributed by atoms with Crippen LogP contribution >= 0.6 is 0 Å². The quantitative estimate of drug-likeness (QED) is 0.0846. The molecule has 0 bridgehead atoms.